The maximum atomic E-state index is 4.52. The minimum Gasteiger partial charge on any atom is -0.142 e. The average Bonchev–Trinajstić information content (AvgIpc) is 3.02. The molecule has 0 heterocycles. The van der Waals surface area contributed by atoms with E-state index < -0.39 is 0 Å². The second-order valence-electron chi connectivity index (χ2n) is 7.32. The zero-order chi connectivity index (χ0) is 14.9. The SMILES string of the molecule is C=C1/C(=C\c2cc(S)c(S)cc2C)C2CC3CC3(C2)C1C. The van der Waals surface area contributed by atoms with E-state index >= 15 is 0 Å². The molecule has 3 aliphatic carbocycles. The highest BCUT2D eigenvalue weighted by atomic mass is 32.1. The number of hydrogen-bond donors (Lipinski definition) is 2. The molecule has 3 saturated carbocycles. The molecule has 1 spiro atoms. The van der Waals surface area contributed by atoms with Gasteiger partial charge in [-0.2, -0.15) is 0 Å². The quantitative estimate of drug-likeness (QED) is 0.621. The molecule has 3 aliphatic rings. The van der Waals surface area contributed by atoms with Gasteiger partial charge in [-0.05, 0) is 83.8 Å². The predicted octanol–water partition coefficient (Wildman–Crippen LogP) is 5.58. The molecule has 0 aliphatic heterocycles. The topological polar surface area (TPSA) is 0 Å². The fraction of sp³-hybridized carbons (Fsp3) is 0.474. The van der Waals surface area contributed by atoms with E-state index in [1.807, 2.05) is 0 Å². The van der Waals surface area contributed by atoms with Gasteiger partial charge in [-0.3, -0.25) is 0 Å². The summed E-state index contributed by atoms with van der Waals surface area (Å²) in [6.07, 6.45) is 6.60. The smallest absolute Gasteiger partial charge is 0.0180 e. The van der Waals surface area contributed by atoms with Crippen molar-refractivity contribution in [1.82, 2.24) is 0 Å². The standard InChI is InChI=1S/C19H22S2/c1-10-4-17(20)18(21)7-13(10)6-16-11(2)12(3)19-8-14(16)5-15(19)9-19/h4,6-7,12,14-15,20-21H,2,5,8-9H2,1,3H3/b16-6+. The highest BCUT2D eigenvalue weighted by Gasteiger charge is 2.66. The molecular weight excluding hydrogens is 292 g/mol. The Labute approximate surface area is 138 Å². The minimum atomic E-state index is 0.637. The first kappa shape index (κ1) is 14.0. The average molecular weight is 315 g/mol. The fourth-order valence-electron chi connectivity index (χ4n) is 4.89. The third-order valence-electron chi connectivity index (χ3n) is 6.34. The molecule has 0 N–H and O–H groups in total. The third-order valence-corrected chi connectivity index (χ3v) is 7.26. The lowest BCUT2D eigenvalue weighted by Crippen LogP contribution is -2.24. The minimum absolute atomic E-state index is 0.637. The molecule has 0 saturated heterocycles. The van der Waals surface area contributed by atoms with E-state index in [2.05, 4.69) is 63.9 Å². The summed E-state index contributed by atoms with van der Waals surface area (Å²) in [4.78, 5) is 1.91. The van der Waals surface area contributed by atoms with Gasteiger partial charge in [-0.1, -0.05) is 19.6 Å². The lowest BCUT2D eigenvalue weighted by Gasteiger charge is -2.35. The van der Waals surface area contributed by atoms with Crippen LogP contribution in [0.3, 0.4) is 0 Å². The second-order valence-corrected chi connectivity index (χ2v) is 8.28. The fourth-order valence-corrected chi connectivity index (χ4v) is 5.35. The summed E-state index contributed by atoms with van der Waals surface area (Å²) >= 11 is 8.98. The summed E-state index contributed by atoms with van der Waals surface area (Å²) in [5, 5.41) is 0. The van der Waals surface area contributed by atoms with Gasteiger partial charge >= 0.3 is 0 Å². The van der Waals surface area contributed by atoms with Crippen LogP contribution in [0.5, 0.6) is 0 Å². The Morgan fingerprint density at radius 1 is 1.24 bits per heavy atom. The van der Waals surface area contributed by atoms with Crippen LogP contribution in [0, 0.1) is 30.1 Å². The van der Waals surface area contributed by atoms with Crippen LogP contribution in [0.1, 0.15) is 37.3 Å². The summed E-state index contributed by atoms with van der Waals surface area (Å²) in [6.45, 7) is 9.00. The largest absolute Gasteiger partial charge is 0.142 e. The summed E-state index contributed by atoms with van der Waals surface area (Å²) in [5.74, 6) is 2.37. The maximum absolute atomic E-state index is 4.52. The Morgan fingerprint density at radius 2 is 1.95 bits per heavy atom. The maximum Gasteiger partial charge on any atom is 0.0180 e. The number of fused-ring (bicyclic) bond motifs is 1. The van der Waals surface area contributed by atoms with Crippen molar-refractivity contribution in [1.29, 1.82) is 0 Å². The highest BCUT2D eigenvalue weighted by Crippen LogP contribution is 2.75. The van der Waals surface area contributed by atoms with Crippen LogP contribution in [0.15, 0.2) is 39.6 Å². The first-order chi connectivity index (χ1) is 9.92. The lowest BCUT2D eigenvalue weighted by atomic mass is 9.70. The number of rotatable bonds is 1. The van der Waals surface area contributed by atoms with Crippen LogP contribution in [0.2, 0.25) is 0 Å². The first-order valence-corrected chi connectivity index (χ1v) is 8.75. The molecule has 4 rings (SSSR count). The molecule has 3 fully saturated rings. The van der Waals surface area contributed by atoms with Crippen LogP contribution in [-0.4, -0.2) is 0 Å². The molecule has 0 amide bonds. The van der Waals surface area contributed by atoms with Crippen LogP contribution in [-0.2, 0) is 0 Å². The van der Waals surface area contributed by atoms with Crippen molar-refractivity contribution in [2.45, 2.75) is 42.9 Å². The number of allylic oxidation sites excluding steroid dienone is 2. The van der Waals surface area contributed by atoms with Gasteiger partial charge < -0.3 is 0 Å². The van der Waals surface area contributed by atoms with Gasteiger partial charge in [0.2, 0.25) is 0 Å². The lowest BCUT2D eigenvalue weighted by molar-refractivity contribution is 0.318. The van der Waals surface area contributed by atoms with Crippen molar-refractivity contribution in [3.05, 3.63) is 41.0 Å². The van der Waals surface area contributed by atoms with Crippen molar-refractivity contribution in [2.24, 2.45) is 23.2 Å². The molecule has 21 heavy (non-hydrogen) atoms. The molecular formula is C19H22S2. The van der Waals surface area contributed by atoms with Crippen LogP contribution < -0.4 is 0 Å². The van der Waals surface area contributed by atoms with Gasteiger partial charge in [0.15, 0.2) is 0 Å². The number of benzene rings is 1. The van der Waals surface area contributed by atoms with E-state index in [9.17, 15) is 0 Å². The summed E-state index contributed by atoms with van der Waals surface area (Å²) < 4.78 is 0. The Morgan fingerprint density at radius 3 is 2.71 bits per heavy atom. The van der Waals surface area contributed by atoms with Gasteiger partial charge in [-0.15, -0.1) is 25.3 Å². The molecule has 4 atom stereocenters. The van der Waals surface area contributed by atoms with E-state index in [0.717, 1.165) is 21.6 Å². The van der Waals surface area contributed by atoms with Gasteiger partial charge in [0.25, 0.3) is 0 Å². The van der Waals surface area contributed by atoms with E-state index in [0.29, 0.717) is 11.3 Å². The Balaban J connectivity index is 1.76. The monoisotopic (exact) mass is 314 g/mol. The predicted molar refractivity (Wildman–Crippen MR) is 95.2 cm³/mol. The van der Waals surface area contributed by atoms with Crippen molar-refractivity contribution in [3.63, 3.8) is 0 Å². The molecule has 0 aromatic heterocycles. The Hall–Kier alpha value is -0.600. The van der Waals surface area contributed by atoms with Crippen LogP contribution >= 0.6 is 25.3 Å². The van der Waals surface area contributed by atoms with Crippen molar-refractivity contribution in [2.75, 3.05) is 0 Å². The summed E-state index contributed by atoms with van der Waals surface area (Å²) in [5.41, 5.74) is 6.08. The molecule has 4 unspecified atom stereocenters. The van der Waals surface area contributed by atoms with E-state index in [-0.39, 0.29) is 0 Å². The normalized spacial score (nSPS) is 38.8. The first-order valence-electron chi connectivity index (χ1n) is 7.85. The Bertz CT molecular complexity index is 685. The van der Waals surface area contributed by atoms with Gasteiger partial charge in [0, 0.05) is 9.79 Å². The Kier molecular flexibility index (Phi) is 2.97. The van der Waals surface area contributed by atoms with Gasteiger partial charge in [0.1, 0.15) is 0 Å². The number of hydrogen-bond acceptors (Lipinski definition) is 2. The molecule has 1 aromatic carbocycles. The van der Waals surface area contributed by atoms with E-state index in [1.165, 1.54) is 41.5 Å². The van der Waals surface area contributed by atoms with Crippen molar-refractivity contribution >= 4 is 31.3 Å². The molecule has 2 bridgehead atoms. The summed E-state index contributed by atoms with van der Waals surface area (Å²) in [6, 6.07) is 4.26. The van der Waals surface area contributed by atoms with Gasteiger partial charge in [0.05, 0.1) is 0 Å². The van der Waals surface area contributed by atoms with Gasteiger partial charge in [-0.25, -0.2) is 0 Å². The summed E-state index contributed by atoms with van der Waals surface area (Å²) in [7, 11) is 0. The van der Waals surface area contributed by atoms with Crippen LogP contribution in [0.4, 0.5) is 0 Å². The highest BCUT2D eigenvalue weighted by molar-refractivity contribution is 7.83. The second kappa shape index (κ2) is 4.45. The van der Waals surface area contributed by atoms with Crippen molar-refractivity contribution < 1.29 is 0 Å². The number of thiol groups is 2. The molecule has 0 radical (unpaired) electrons. The zero-order valence-electron chi connectivity index (χ0n) is 12.7. The van der Waals surface area contributed by atoms with E-state index in [1.54, 1.807) is 0 Å². The molecule has 110 valence electrons. The van der Waals surface area contributed by atoms with E-state index in [4.69, 9.17) is 0 Å². The molecule has 0 nitrogen and oxygen atoms in total. The van der Waals surface area contributed by atoms with Crippen LogP contribution in [0.25, 0.3) is 6.08 Å². The van der Waals surface area contributed by atoms with Crippen molar-refractivity contribution in [3.8, 4) is 0 Å². The number of aryl methyl sites for hydroxylation is 1. The third kappa shape index (κ3) is 1.91. The molecule has 2 heteroatoms. The zero-order valence-corrected chi connectivity index (χ0v) is 14.5. The molecule has 1 aromatic rings.